The van der Waals surface area contributed by atoms with Crippen LogP contribution < -0.4 is 14.2 Å². The van der Waals surface area contributed by atoms with Gasteiger partial charge in [0.1, 0.15) is 28.0 Å². The molecule has 4 aromatic carbocycles. The second-order valence-electron chi connectivity index (χ2n) is 9.35. The Kier molecular flexibility index (Phi) is 21.0. The van der Waals surface area contributed by atoms with Gasteiger partial charge in [-0.15, -0.1) is 0 Å². The molecule has 296 valence electrons. The summed E-state index contributed by atoms with van der Waals surface area (Å²) in [5.41, 5.74) is 0.436. The third kappa shape index (κ3) is 21.8. The summed E-state index contributed by atoms with van der Waals surface area (Å²) in [6, 6.07) is 21.5. The molecule has 53 heavy (non-hydrogen) atoms. The van der Waals surface area contributed by atoms with E-state index in [1.165, 1.54) is 82.0 Å². The predicted octanol–water partition coefficient (Wildman–Crippen LogP) is 7.11. The number of para-hydroxylation sites is 1. The van der Waals surface area contributed by atoms with Crippen molar-refractivity contribution in [3.63, 3.8) is 0 Å². The van der Waals surface area contributed by atoms with Crippen molar-refractivity contribution in [3.05, 3.63) is 102 Å². The molecule has 0 aromatic heterocycles. The van der Waals surface area contributed by atoms with E-state index in [1.807, 2.05) is 0 Å². The van der Waals surface area contributed by atoms with Gasteiger partial charge in [0, 0.05) is 59.5 Å². The molecule has 4 aromatic rings. The lowest BCUT2D eigenvalue weighted by atomic mass is 10.2. The molecule has 0 bridgehead atoms. The number of benzene rings is 4. The zero-order chi connectivity index (χ0) is 41.4. The second kappa shape index (κ2) is 22.1. The Labute approximate surface area is 330 Å². The van der Waals surface area contributed by atoms with Gasteiger partial charge >= 0.3 is 0 Å². The first-order valence-corrected chi connectivity index (χ1v) is 25.4. The van der Waals surface area contributed by atoms with Crippen LogP contribution in [0.15, 0.2) is 111 Å². The van der Waals surface area contributed by atoms with Gasteiger partial charge < -0.3 is 14.2 Å². The summed E-state index contributed by atoms with van der Waals surface area (Å²) in [6.07, 6.45) is 0.925. The summed E-state index contributed by atoms with van der Waals surface area (Å²) in [5.74, 6) is 0.711. The average molecular weight is 943 g/mol. The number of hydrogen-bond acceptors (Lipinski definition) is 13. The minimum Gasteiger partial charge on any atom is -0.497 e. The van der Waals surface area contributed by atoms with E-state index in [2.05, 4.69) is 10.7 Å². The summed E-state index contributed by atoms with van der Waals surface area (Å²) >= 11 is 0. The monoisotopic (exact) mass is 940 g/mol. The van der Waals surface area contributed by atoms with E-state index in [1.54, 1.807) is 31.2 Å². The van der Waals surface area contributed by atoms with Gasteiger partial charge in [0.15, 0.2) is 0 Å². The van der Waals surface area contributed by atoms with Crippen molar-refractivity contribution >= 4 is 98.7 Å². The zero-order valence-electron chi connectivity index (χ0n) is 27.8. The van der Waals surface area contributed by atoms with Gasteiger partial charge in [-0.25, -0.2) is 46.5 Å². The molecule has 0 radical (unpaired) electrons. The highest BCUT2D eigenvalue weighted by Crippen LogP contribution is 2.26. The van der Waals surface area contributed by atoms with Crippen LogP contribution in [0.5, 0.6) is 17.2 Å². The Bertz CT molecular complexity index is 2350. The van der Waals surface area contributed by atoms with Crippen LogP contribution in [-0.2, 0) is 45.3 Å². The van der Waals surface area contributed by atoms with Crippen molar-refractivity contribution in [1.82, 2.24) is 0 Å². The molecule has 0 amide bonds. The lowest BCUT2D eigenvalue weighted by Gasteiger charge is -2.03. The highest BCUT2D eigenvalue weighted by molar-refractivity contribution is 8.14. The van der Waals surface area contributed by atoms with Crippen molar-refractivity contribution in [1.29, 1.82) is 0 Å². The van der Waals surface area contributed by atoms with Crippen molar-refractivity contribution in [3.8, 4) is 17.2 Å². The van der Waals surface area contributed by atoms with Gasteiger partial charge in [-0.3, -0.25) is 0 Å². The van der Waals surface area contributed by atoms with Crippen molar-refractivity contribution < 1.29 is 60.7 Å². The van der Waals surface area contributed by atoms with E-state index in [4.69, 9.17) is 56.9 Å². The minimum absolute atomic E-state index is 0.00540. The average Bonchev–Trinajstić information content (AvgIpc) is 3.04. The van der Waals surface area contributed by atoms with E-state index in [0.717, 1.165) is 12.3 Å². The molecular formula is C29H30Cl5FO13S5. The molecule has 0 aliphatic heterocycles. The van der Waals surface area contributed by atoms with Gasteiger partial charge in [0.25, 0.3) is 36.2 Å². The maximum absolute atomic E-state index is 12.6. The maximum atomic E-state index is 12.6. The van der Waals surface area contributed by atoms with Crippen LogP contribution in [-0.4, -0.2) is 69.7 Å². The smallest absolute Gasteiger partial charge is 0.264 e. The van der Waals surface area contributed by atoms with E-state index in [0.29, 0.717) is 17.1 Å². The SMILES string of the molecule is COc1ccc(S(=O)(=O)Cl)cc1.COc1cccc(S(=O)(=O)Cl)c1.COc1ccccc1S(=O)(=O)Cl.CS(=O)(=O)Cl.Cc1ccc(F)cc1S(=O)(=O)Cl. The summed E-state index contributed by atoms with van der Waals surface area (Å²) in [7, 11) is 11.2. The van der Waals surface area contributed by atoms with Gasteiger partial charge in [0.05, 0.1) is 42.3 Å². The fourth-order valence-corrected chi connectivity index (χ4v) is 6.92. The molecule has 0 aliphatic rings. The molecule has 0 N–H and O–H groups in total. The highest BCUT2D eigenvalue weighted by atomic mass is 35.7. The molecule has 0 spiro atoms. The van der Waals surface area contributed by atoms with Crippen LogP contribution in [0.4, 0.5) is 4.39 Å². The molecule has 0 heterocycles. The molecule has 24 heteroatoms. The number of rotatable bonds is 7. The van der Waals surface area contributed by atoms with E-state index < -0.39 is 51.1 Å². The normalized spacial score (nSPS) is 11.3. The van der Waals surface area contributed by atoms with Crippen LogP contribution in [0.1, 0.15) is 5.56 Å². The minimum atomic E-state index is -3.82. The van der Waals surface area contributed by atoms with Gasteiger partial charge in [-0.05, 0) is 73.2 Å². The fourth-order valence-electron chi connectivity index (χ4n) is 3.15. The number of halogens is 6. The van der Waals surface area contributed by atoms with E-state index >= 15 is 0 Å². The molecule has 0 saturated heterocycles. The van der Waals surface area contributed by atoms with Gasteiger partial charge in [-0.2, -0.15) is 0 Å². The first-order valence-electron chi connectivity index (χ1n) is 13.4. The fraction of sp³-hybridized carbons (Fsp3) is 0.172. The summed E-state index contributed by atoms with van der Waals surface area (Å²) in [5, 5.41) is 0. The van der Waals surface area contributed by atoms with Crippen molar-refractivity contribution in [2.24, 2.45) is 0 Å². The Morgan fingerprint density at radius 2 is 0.962 bits per heavy atom. The molecule has 0 saturated carbocycles. The van der Waals surface area contributed by atoms with Gasteiger partial charge in [0.2, 0.25) is 9.05 Å². The first-order chi connectivity index (χ1) is 24.0. The van der Waals surface area contributed by atoms with E-state index in [-0.39, 0.29) is 25.3 Å². The van der Waals surface area contributed by atoms with E-state index in [9.17, 15) is 46.5 Å². The highest BCUT2D eigenvalue weighted by Gasteiger charge is 2.15. The number of ether oxygens (including phenoxy) is 3. The standard InChI is InChI=1S/C7H6ClFO2S.3C7H7ClO3S.CH3ClO2S/c1-5-2-3-6(9)4-7(5)12(8,10)11;1-11-6-2-4-7(5-3-6)12(8,9)10;1-11-6-3-2-4-7(5-6)12(8,9)10;1-11-6-4-2-3-5-7(6)12(8,9)10;1-5(2,3)4/h2-4H,1H3;3*2-5H,1H3;1H3. The number of aryl methyl sites for hydroxylation is 1. The van der Waals surface area contributed by atoms with Crippen molar-refractivity contribution in [2.45, 2.75) is 26.5 Å². The molecule has 0 atom stereocenters. The lowest BCUT2D eigenvalue weighted by Crippen LogP contribution is -1.94. The Morgan fingerprint density at radius 1 is 0.491 bits per heavy atom. The molecule has 0 aliphatic carbocycles. The number of methoxy groups -OCH3 is 3. The molecule has 4 rings (SSSR count). The summed E-state index contributed by atoms with van der Waals surface area (Å²) in [4.78, 5) is -0.0631. The predicted molar refractivity (Wildman–Crippen MR) is 203 cm³/mol. The first kappa shape index (κ1) is 50.4. The van der Waals surface area contributed by atoms with Crippen LogP contribution >= 0.6 is 53.4 Å². The summed E-state index contributed by atoms with van der Waals surface area (Å²) < 4.78 is 132. The third-order valence-electron chi connectivity index (χ3n) is 5.41. The van der Waals surface area contributed by atoms with Gasteiger partial charge in [-0.1, -0.05) is 24.3 Å². The van der Waals surface area contributed by atoms with Crippen LogP contribution in [0.3, 0.4) is 0 Å². The largest absolute Gasteiger partial charge is 0.497 e. The maximum Gasteiger partial charge on any atom is 0.264 e. The number of hydrogen-bond donors (Lipinski definition) is 0. The van der Waals surface area contributed by atoms with Crippen molar-refractivity contribution in [2.75, 3.05) is 27.6 Å². The topological polar surface area (TPSA) is 198 Å². The molecule has 0 unspecified atom stereocenters. The van der Waals surface area contributed by atoms with Crippen LogP contribution in [0.25, 0.3) is 0 Å². The van der Waals surface area contributed by atoms with Crippen LogP contribution in [0.2, 0.25) is 0 Å². The molecule has 0 fully saturated rings. The Hall–Kier alpha value is -2.59. The quantitative estimate of drug-likeness (QED) is 0.170. The summed E-state index contributed by atoms with van der Waals surface area (Å²) in [6.45, 7) is 1.55. The molecule has 13 nitrogen and oxygen atoms in total. The zero-order valence-corrected chi connectivity index (χ0v) is 35.6. The third-order valence-corrected chi connectivity index (χ3v) is 11.0. The lowest BCUT2D eigenvalue weighted by molar-refractivity contribution is 0.403. The second-order valence-corrected chi connectivity index (χ2v) is 22.6. The molecular weight excluding hydrogens is 913 g/mol. The Balaban J connectivity index is 0.000000652. The Morgan fingerprint density at radius 3 is 1.34 bits per heavy atom. The van der Waals surface area contributed by atoms with Crippen LogP contribution in [0, 0.1) is 12.7 Å².